The third-order valence-electron chi connectivity index (χ3n) is 7.25. The fourth-order valence-corrected chi connectivity index (χ4v) is 4.63. The number of nitrogens with two attached hydrogens (primary N) is 1. The van der Waals surface area contributed by atoms with Crippen LogP contribution in [0.4, 0.5) is 0 Å². The number of morpholine rings is 1. The van der Waals surface area contributed by atoms with E-state index in [1.807, 2.05) is 62.9 Å². The Morgan fingerprint density at radius 3 is 2.35 bits per heavy atom. The molecule has 2 fully saturated rings. The van der Waals surface area contributed by atoms with Crippen molar-refractivity contribution in [1.29, 1.82) is 0 Å². The molecule has 178 valence electrons. The summed E-state index contributed by atoms with van der Waals surface area (Å²) in [6, 6.07) is 9.62. The highest BCUT2D eigenvalue weighted by Gasteiger charge is 2.51. The van der Waals surface area contributed by atoms with E-state index in [1.165, 1.54) is 0 Å². The Kier molecular flexibility index (Phi) is 5.46. The van der Waals surface area contributed by atoms with Crippen molar-refractivity contribution in [3.05, 3.63) is 41.5 Å². The second-order valence-corrected chi connectivity index (χ2v) is 10.1. The molecule has 0 aliphatic carbocycles. The van der Waals surface area contributed by atoms with Crippen molar-refractivity contribution in [3.8, 4) is 0 Å². The SMILES string of the molecule is CC1(C)OB(c2cc(CC(N)=O)c3[nH]c4cc(C(=O)N5CCOCC5)ccc4c3c2)OC1(C)C. The molecular weight excluding hydrogens is 433 g/mol. The number of ether oxygens (including phenoxy) is 1. The van der Waals surface area contributed by atoms with Crippen molar-refractivity contribution in [2.24, 2.45) is 5.73 Å². The largest absolute Gasteiger partial charge is 0.494 e. The van der Waals surface area contributed by atoms with E-state index in [2.05, 4.69) is 4.98 Å². The lowest BCUT2D eigenvalue weighted by Gasteiger charge is -2.32. The number of carbonyl (C=O) groups is 2. The number of carbonyl (C=O) groups excluding carboxylic acids is 2. The van der Waals surface area contributed by atoms with Crippen LogP contribution in [0.25, 0.3) is 21.8 Å². The predicted octanol–water partition coefficient (Wildman–Crippen LogP) is 2.12. The van der Waals surface area contributed by atoms with Crippen molar-refractivity contribution in [2.45, 2.75) is 45.3 Å². The molecule has 3 heterocycles. The van der Waals surface area contributed by atoms with Gasteiger partial charge in [0.05, 0.1) is 36.4 Å². The first kappa shape index (κ1) is 22.9. The van der Waals surface area contributed by atoms with E-state index in [0.717, 1.165) is 32.8 Å². The molecule has 3 aromatic rings. The minimum Gasteiger partial charge on any atom is -0.399 e. The first-order valence-electron chi connectivity index (χ1n) is 11.6. The van der Waals surface area contributed by atoms with Crippen LogP contribution in [0, 0.1) is 0 Å². The number of aromatic nitrogens is 1. The van der Waals surface area contributed by atoms with E-state index in [4.69, 9.17) is 19.8 Å². The predicted molar refractivity (Wildman–Crippen MR) is 131 cm³/mol. The fourth-order valence-electron chi connectivity index (χ4n) is 4.63. The Balaban J connectivity index is 1.59. The van der Waals surface area contributed by atoms with Crippen LogP contribution in [0.15, 0.2) is 30.3 Å². The Bertz CT molecular complexity index is 1280. The maximum atomic E-state index is 13.0. The second kappa shape index (κ2) is 8.11. The molecule has 0 saturated carbocycles. The van der Waals surface area contributed by atoms with Crippen molar-refractivity contribution in [3.63, 3.8) is 0 Å². The number of hydrogen-bond donors (Lipinski definition) is 2. The fraction of sp³-hybridized carbons (Fsp3) is 0.440. The lowest BCUT2D eigenvalue weighted by molar-refractivity contribution is -0.117. The molecule has 2 saturated heterocycles. The summed E-state index contributed by atoms with van der Waals surface area (Å²) in [7, 11) is -0.562. The summed E-state index contributed by atoms with van der Waals surface area (Å²) in [4.78, 5) is 30.1. The number of aromatic amines is 1. The Morgan fingerprint density at radius 1 is 1.03 bits per heavy atom. The maximum Gasteiger partial charge on any atom is 0.494 e. The number of nitrogens with zero attached hydrogens (tertiary/aromatic N) is 1. The summed E-state index contributed by atoms with van der Waals surface area (Å²) in [6.07, 6.45) is 0.0796. The number of nitrogens with one attached hydrogen (secondary N) is 1. The van der Waals surface area contributed by atoms with Crippen LogP contribution >= 0.6 is 0 Å². The lowest BCUT2D eigenvalue weighted by atomic mass is 9.77. The number of amides is 2. The van der Waals surface area contributed by atoms with Gasteiger partial charge in [0.2, 0.25) is 5.91 Å². The molecule has 0 bridgehead atoms. The van der Waals surface area contributed by atoms with Crippen LogP contribution in [0.5, 0.6) is 0 Å². The first-order chi connectivity index (χ1) is 16.1. The summed E-state index contributed by atoms with van der Waals surface area (Å²) in [5.41, 5.74) is 8.47. The van der Waals surface area contributed by atoms with Crippen LogP contribution in [0.1, 0.15) is 43.6 Å². The molecule has 2 aromatic carbocycles. The lowest BCUT2D eigenvalue weighted by Crippen LogP contribution is -2.41. The van der Waals surface area contributed by atoms with E-state index in [-0.39, 0.29) is 12.3 Å². The Morgan fingerprint density at radius 2 is 1.71 bits per heavy atom. The zero-order chi connectivity index (χ0) is 24.3. The smallest absolute Gasteiger partial charge is 0.399 e. The topological polar surface area (TPSA) is 107 Å². The number of H-pyrrole nitrogens is 1. The van der Waals surface area contributed by atoms with Gasteiger partial charge in [-0.25, -0.2) is 0 Å². The second-order valence-electron chi connectivity index (χ2n) is 10.1. The summed E-state index contributed by atoms with van der Waals surface area (Å²) >= 11 is 0. The normalized spacial score (nSPS) is 19.8. The standard InChI is InChI=1S/C25H30BN3O5/c1-24(2)25(3,4)34-26(33-24)17-11-16(13-21(27)30)22-19(14-17)18-6-5-15(12-20(18)28-22)23(31)29-7-9-32-10-8-29/h5-6,11-12,14,28H,7-10,13H2,1-4H3,(H2,27,30). The Hall–Kier alpha value is -2.88. The zero-order valence-electron chi connectivity index (χ0n) is 20.1. The average Bonchev–Trinajstić information content (AvgIpc) is 3.26. The summed E-state index contributed by atoms with van der Waals surface area (Å²) in [6.45, 7) is 10.3. The minimum atomic E-state index is -0.562. The molecular formula is C25H30BN3O5. The van der Waals surface area contributed by atoms with Crippen molar-refractivity contribution in [1.82, 2.24) is 9.88 Å². The summed E-state index contributed by atoms with van der Waals surface area (Å²) < 4.78 is 17.9. The van der Waals surface area contributed by atoms with Gasteiger partial charge in [0.15, 0.2) is 0 Å². The first-order valence-corrected chi connectivity index (χ1v) is 11.6. The quantitative estimate of drug-likeness (QED) is 0.577. The average molecular weight is 463 g/mol. The molecule has 0 spiro atoms. The van der Waals surface area contributed by atoms with E-state index in [1.54, 1.807) is 0 Å². The van der Waals surface area contributed by atoms with Gasteiger partial charge < -0.3 is 29.7 Å². The highest BCUT2D eigenvalue weighted by atomic mass is 16.7. The maximum absolute atomic E-state index is 13.0. The van der Waals surface area contributed by atoms with Crippen LogP contribution in [-0.2, 0) is 25.3 Å². The molecule has 34 heavy (non-hydrogen) atoms. The van der Waals surface area contributed by atoms with E-state index in [0.29, 0.717) is 31.9 Å². The third kappa shape index (κ3) is 3.87. The highest BCUT2D eigenvalue weighted by molar-refractivity contribution is 6.62. The monoisotopic (exact) mass is 463 g/mol. The molecule has 8 nitrogen and oxygen atoms in total. The van der Waals surface area contributed by atoms with Crippen LogP contribution < -0.4 is 11.2 Å². The van der Waals surface area contributed by atoms with Crippen molar-refractivity contribution >= 4 is 46.2 Å². The molecule has 0 unspecified atom stereocenters. The number of rotatable bonds is 4. The van der Waals surface area contributed by atoms with Crippen LogP contribution in [0.3, 0.4) is 0 Å². The number of benzene rings is 2. The van der Waals surface area contributed by atoms with E-state index < -0.39 is 24.2 Å². The van der Waals surface area contributed by atoms with Gasteiger partial charge in [-0.15, -0.1) is 0 Å². The summed E-state index contributed by atoms with van der Waals surface area (Å²) in [5.74, 6) is -0.437. The van der Waals surface area contributed by atoms with Gasteiger partial charge in [-0.2, -0.15) is 0 Å². The third-order valence-corrected chi connectivity index (χ3v) is 7.25. The van der Waals surface area contributed by atoms with Gasteiger partial charge in [0.1, 0.15) is 0 Å². The van der Waals surface area contributed by atoms with Gasteiger partial charge in [0.25, 0.3) is 5.91 Å². The van der Waals surface area contributed by atoms with Crippen LogP contribution in [0.2, 0.25) is 0 Å². The summed E-state index contributed by atoms with van der Waals surface area (Å²) in [5, 5.41) is 1.89. The molecule has 2 aliphatic heterocycles. The van der Waals surface area contributed by atoms with Gasteiger partial charge in [-0.05, 0) is 50.9 Å². The van der Waals surface area contributed by atoms with Gasteiger partial charge >= 0.3 is 7.12 Å². The number of primary amides is 1. The molecule has 2 amide bonds. The van der Waals surface area contributed by atoms with Crippen LogP contribution in [-0.4, -0.2) is 66.3 Å². The van der Waals surface area contributed by atoms with Crippen molar-refractivity contribution in [2.75, 3.05) is 26.3 Å². The zero-order valence-corrected chi connectivity index (χ0v) is 20.1. The molecule has 2 aliphatic rings. The number of hydrogen-bond acceptors (Lipinski definition) is 5. The highest BCUT2D eigenvalue weighted by Crippen LogP contribution is 2.37. The van der Waals surface area contributed by atoms with Gasteiger partial charge in [-0.3, -0.25) is 9.59 Å². The van der Waals surface area contributed by atoms with Crippen molar-refractivity contribution < 1.29 is 23.6 Å². The molecule has 0 radical (unpaired) electrons. The van der Waals surface area contributed by atoms with Gasteiger partial charge in [0, 0.05) is 34.9 Å². The molecule has 5 rings (SSSR count). The van der Waals surface area contributed by atoms with E-state index in [9.17, 15) is 9.59 Å². The molecule has 3 N–H and O–H groups in total. The van der Waals surface area contributed by atoms with E-state index >= 15 is 0 Å². The molecule has 0 atom stereocenters. The minimum absolute atomic E-state index is 0.0147. The van der Waals surface area contributed by atoms with Gasteiger partial charge in [-0.1, -0.05) is 18.2 Å². The molecule has 9 heteroatoms. The number of fused-ring (bicyclic) bond motifs is 3. The Labute approximate surface area is 198 Å². The molecule has 1 aromatic heterocycles.